The largest absolute Gasteiger partial charge is 0.368 e. The van der Waals surface area contributed by atoms with E-state index >= 15 is 0 Å². The van der Waals surface area contributed by atoms with Crippen LogP contribution in [0.3, 0.4) is 0 Å². The molecule has 0 amide bonds. The molecule has 0 aromatic heterocycles. The molecule has 0 saturated carbocycles. The number of amidine groups is 1. The van der Waals surface area contributed by atoms with Crippen LogP contribution < -0.4 is 5.32 Å². The number of hydrogen-bond donors (Lipinski definition) is 1. The molecule has 0 aliphatic carbocycles. The fourth-order valence-electron chi connectivity index (χ4n) is 2.50. The highest BCUT2D eigenvalue weighted by molar-refractivity contribution is 5.98. The quantitative estimate of drug-likeness (QED) is 0.798. The molecule has 18 heavy (non-hydrogen) atoms. The molecule has 4 heteroatoms. The van der Waals surface area contributed by atoms with Gasteiger partial charge in [-0.3, -0.25) is 4.99 Å². The van der Waals surface area contributed by atoms with E-state index in [0.29, 0.717) is 12.4 Å². The smallest absolute Gasteiger partial charge is 0.245 e. The Bertz CT molecular complexity index is 557. The zero-order valence-corrected chi connectivity index (χ0v) is 10.5. The molecular weight excluding hydrogens is 226 g/mol. The van der Waals surface area contributed by atoms with Crippen molar-refractivity contribution < 1.29 is 4.74 Å². The molecule has 0 unspecified atom stereocenters. The highest BCUT2D eigenvalue weighted by atomic mass is 16.6. The normalized spacial score (nSPS) is 33.5. The average Bonchev–Trinajstić information content (AvgIpc) is 2.79. The van der Waals surface area contributed by atoms with Crippen LogP contribution in [0.4, 0.5) is 0 Å². The third-order valence-electron chi connectivity index (χ3n) is 3.75. The van der Waals surface area contributed by atoms with Crippen LogP contribution in [0.15, 0.2) is 29.3 Å². The number of benzene rings is 1. The number of nitrogens with one attached hydrogen (secondary N) is 1. The molecule has 0 spiro atoms. The monoisotopic (exact) mass is 241 g/mol. The van der Waals surface area contributed by atoms with Gasteiger partial charge in [-0.1, -0.05) is 29.8 Å². The summed E-state index contributed by atoms with van der Waals surface area (Å²) in [6.45, 7) is 5.49. The number of nitrogens with zero attached hydrogens (tertiary/aromatic N) is 2. The third-order valence-corrected chi connectivity index (χ3v) is 3.75. The molecule has 1 aromatic rings. The first-order valence-corrected chi connectivity index (χ1v) is 6.10. The second-order valence-corrected chi connectivity index (χ2v) is 4.95. The van der Waals surface area contributed by atoms with E-state index < -0.39 is 11.2 Å². The maximum Gasteiger partial charge on any atom is 0.245 e. The van der Waals surface area contributed by atoms with Crippen molar-refractivity contribution in [2.45, 2.75) is 25.0 Å². The van der Waals surface area contributed by atoms with Crippen molar-refractivity contribution in [2.75, 3.05) is 13.1 Å². The van der Waals surface area contributed by atoms with E-state index in [1.165, 1.54) is 5.56 Å². The van der Waals surface area contributed by atoms with Crippen LogP contribution in [0, 0.1) is 18.3 Å². The summed E-state index contributed by atoms with van der Waals surface area (Å²) in [6.07, 6.45) is 0. The van der Waals surface area contributed by atoms with Gasteiger partial charge in [-0.25, -0.2) is 0 Å². The summed E-state index contributed by atoms with van der Waals surface area (Å²) in [7, 11) is 0. The maximum absolute atomic E-state index is 9.47. The molecule has 2 aliphatic rings. The van der Waals surface area contributed by atoms with Gasteiger partial charge >= 0.3 is 0 Å². The summed E-state index contributed by atoms with van der Waals surface area (Å²) in [5.41, 5.74) is 0.692. The van der Waals surface area contributed by atoms with Gasteiger partial charge in [0.05, 0.1) is 6.54 Å². The van der Waals surface area contributed by atoms with Gasteiger partial charge in [0.25, 0.3) is 0 Å². The minimum Gasteiger partial charge on any atom is -0.368 e. The molecule has 1 saturated heterocycles. The van der Waals surface area contributed by atoms with Gasteiger partial charge in [0.2, 0.25) is 5.60 Å². The number of rotatable bonds is 2. The lowest BCUT2D eigenvalue weighted by Crippen LogP contribution is -2.37. The second kappa shape index (κ2) is 3.56. The maximum atomic E-state index is 9.47. The van der Waals surface area contributed by atoms with Gasteiger partial charge in [-0.2, -0.15) is 5.26 Å². The summed E-state index contributed by atoms with van der Waals surface area (Å²) < 4.78 is 5.80. The minimum absolute atomic E-state index is 0.592. The number of nitriles is 1. The Kier molecular flexibility index (Phi) is 2.23. The summed E-state index contributed by atoms with van der Waals surface area (Å²) in [6, 6.07) is 10.4. The first-order chi connectivity index (χ1) is 8.62. The Morgan fingerprint density at radius 2 is 2.11 bits per heavy atom. The van der Waals surface area contributed by atoms with Gasteiger partial charge < -0.3 is 10.1 Å². The highest BCUT2D eigenvalue weighted by Crippen LogP contribution is 2.56. The van der Waals surface area contributed by atoms with Gasteiger partial charge in [-0.05, 0) is 19.4 Å². The topological polar surface area (TPSA) is 60.7 Å². The number of epoxide rings is 1. The van der Waals surface area contributed by atoms with E-state index in [9.17, 15) is 5.26 Å². The van der Waals surface area contributed by atoms with Crippen LogP contribution in [-0.4, -0.2) is 24.5 Å². The molecular formula is C14H15N3O. The first kappa shape index (κ1) is 11.2. The molecule has 92 valence electrons. The summed E-state index contributed by atoms with van der Waals surface area (Å²) in [4.78, 5) is 4.34. The van der Waals surface area contributed by atoms with Crippen molar-refractivity contribution in [3.63, 3.8) is 0 Å². The van der Waals surface area contributed by atoms with Gasteiger partial charge in [-0.15, -0.1) is 0 Å². The summed E-state index contributed by atoms with van der Waals surface area (Å²) in [5.74, 6) is 0.674. The van der Waals surface area contributed by atoms with Gasteiger partial charge in [0.15, 0.2) is 0 Å². The van der Waals surface area contributed by atoms with Crippen LogP contribution in [0.5, 0.6) is 0 Å². The van der Waals surface area contributed by atoms with Crippen LogP contribution in [0.1, 0.15) is 18.1 Å². The lowest BCUT2D eigenvalue weighted by Gasteiger charge is -2.11. The molecule has 0 radical (unpaired) electrons. The Balaban J connectivity index is 1.99. The Hall–Kier alpha value is -1.86. The average molecular weight is 241 g/mol. The zero-order chi connectivity index (χ0) is 12.8. The Morgan fingerprint density at radius 3 is 2.67 bits per heavy atom. The molecule has 2 aliphatic heterocycles. The second-order valence-electron chi connectivity index (χ2n) is 4.95. The van der Waals surface area contributed by atoms with E-state index in [4.69, 9.17) is 4.74 Å². The van der Waals surface area contributed by atoms with Gasteiger partial charge in [0, 0.05) is 6.54 Å². The predicted molar refractivity (Wildman–Crippen MR) is 68.3 cm³/mol. The van der Waals surface area contributed by atoms with Crippen LogP contribution >= 0.6 is 0 Å². The zero-order valence-electron chi connectivity index (χ0n) is 10.5. The third kappa shape index (κ3) is 1.31. The van der Waals surface area contributed by atoms with Crippen molar-refractivity contribution in [2.24, 2.45) is 4.99 Å². The molecule has 1 fully saturated rings. The Morgan fingerprint density at radius 1 is 1.39 bits per heavy atom. The first-order valence-electron chi connectivity index (χ1n) is 6.10. The fraction of sp³-hybridized carbons (Fsp3) is 0.429. The molecule has 1 aromatic carbocycles. The van der Waals surface area contributed by atoms with E-state index in [0.717, 1.165) is 12.1 Å². The molecule has 0 bridgehead atoms. The lowest BCUT2D eigenvalue weighted by atomic mass is 9.87. The van der Waals surface area contributed by atoms with Crippen molar-refractivity contribution in [1.82, 2.24) is 5.32 Å². The molecule has 2 heterocycles. The van der Waals surface area contributed by atoms with Crippen molar-refractivity contribution in [3.05, 3.63) is 35.4 Å². The fourth-order valence-corrected chi connectivity index (χ4v) is 2.50. The lowest BCUT2D eigenvalue weighted by molar-refractivity contribution is 0.311. The number of aliphatic imine (C=N–C) groups is 1. The summed E-state index contributed by atoms with van der Waals surface area (Å²) in [5, 5.41) is 12.6. The standard InChI is InChI=1S/C14H15N3O/c1-10-3-5-11(6-4-10)13(2)14(9-15,18-13)12-16-7-8-17-12/h3-6H,7-8H2,1-2H3,(H,16,17)/t13-,14-/m1/s1. The van der Waals surface area contributed by atoms with E-state index in [1.807, 2.05) is 38.1 Å². The molecule has 2 atom stereocenters. The van der Waals surface area contributed by atoms with Crippen LogP contribution in [0.25, 0.3) is 0 Å². The highest BCUT2D eigenvalue weighted by Gasteiger charge is 2.72. The van der Waals surface area contributed by atoms with Crippen molar-refractivity contribution in [1.29, 1.82) is 5.26 Å². The molecule has 1 N–H and O–H groups in total. The predicted octanol–water partition coefficient (Wildman–Crippen LogP) is 1.50. The van der Waals surface area contributed by atoms with Crippen LogP contribution in [0.2, 0.25) is 0 Å². The number of hydrogen-bond acceptors (Lipinski definition) is 4. The number of aryl methyl sites for hydroxylation is 1. The van der Waals surface area contributed by atoms with E-state index in [-0.39, 0.29) is 0 Å². The summed E-state index contributed by atoms with van der Waals surface area (Å²) >= 11 is 0. The molecule has 4 nitrogen and oxygen atoms in total. The minimum atomic E-state index is -0.932. The van der Waals surface area contributed by atoms with Crippen LogP contribution in [-0.2, 0) is 10.3 Å². The molecule has 3 rings (SSSR count). The van der Waals surface area contributed by atoms with E-state index in [2.05, 4.69) is 16.4 Å². The SMILES string of the molecule is Cc1ccc([C@@]2(C)O[C@]2(C#N)C2=NCCN2)cc1. The van der Waals surface area contributed by atoms with Gasteiger partial charge in [0.1, 0.15) is 17.5 Å². The Labute approximate surface area is 106 Å². The number of ether oxygens (including phenoxy) is 1. The van der Waals surface area contributed by atoms with E-state index in [1.54, 1.807) is 0 Å². The van der Waals surface area contributed by atoms with Crippen molar-refractivity contribution >= 4 is 5.84 Å². The van der Waals surface area contributed by atoms with Crippen molar-refractivity contribution in [3.8, 4) is 6.07 Å².